The van der Waals surface area contributed by atoms with Crippen molar-refractivity contribution in [3.63, 3.8) is 0 Å². The summed E-state index contributed by atoms with van der Waals surface area (Å²) in [5.74, 6) is -0.865. The van der Waals surface area contributed by atoms with Crippen molar-refractivity contribution in [3.05, 3.63) is 28.7 Å². The van der Waals surface area contributed by atoms with E-state index in [4.69, 9.17) is 5.73 Å². The number of anilines is 1. The number of para-hydroxylation sites is 1. The molecule has 2 N–H and O–H groups in total. The SMILES string of the molecule is CS(=O)(=O)N(CC(=O)N1CCC(C(N)=O)CC1)c1ccccc1Br. The van der Waals surface area contributed by atoms with Crippen LogP contribution in [0.25, 0.3) is 0 Å². The maximum Gasteiger partial charge on any atom is 0.243 e. The van der Waals surface area contributed by atoms with Gasteiger partial charge in [0.05, 0.1) is 11.9 Å². The van der Waals surface area contributed by atoms with Crippen molar-refractivity contribution in [3.8, 4) is 0 Å². The van der Waals surface area contributed by atoms with Crippen LogP contribution in [0, 0.1) is 5.92 Å². The van der Waals surface area contributed by atoms with Gasteiger partial charge in [-0.1, -0.05) is 12.1 Å². The summed E-state index contributed by atoms with van der Waals surface area (Å²) >= 11 is 3.32. The molecule has 0 spiro atoms. The zero-order valence-corrected chi connectivity index (χ0v) is 15.7. The fourth-order valence-electron chi connectivity index (χ4n) is 2.67. The highest BCUT2D eigenvalue weighted by Gasteiger charge is 2.29. The third-order valence-electron chi connectivity index (χ3n) is 4.05. The highest BCUT2D eigenvalue weighted by molar-refractivity contribution is 9.10. The first-order chi connectivity index (χ1) is 11.2. The van der Waals surface area contributed by atoms with E-state index >= 15 is 0 Å². The van der Waals surface area contributed by atoms with E-state index in [0.29, 0.717) is 36.1 Å². The molecule has 1 saturated heterocycles. The second-order valence-electron chi connectivity index (χ2n) is 5.78. The molecular weight excluding hydrogens is 398 g/mol. The van der Waals surface area contributed by atoms with Crippen LogP contribution in [0.5, 0.6) is 0 Å². The number of halogens is 1. The normalized spacial score (nSPS) is 16.0. The van der Waals surface area contributed by atoms with Crippen molar-refractivity contribution in [1.82, 2.24) is 4.90 Å². The quantitative estimate of drug-likeness (QED) is 0.769. The predicted molar refractivity (Wildman–Crippen MR) is 94.8 cm³/mol. The minimum Gasteiger partial charge on any atom is -0.369 e. The highest BCUT2D eigenvalue weighted by atomic mass is 79.9. The summed E-state index contributed by atoms with van der Waals surface area (Å²) in [5.41, 5.74) is 5.70. The number of amides is 2. The third kappa shape index (κ3) is 4.47. The lowest BCUT2D eigenvalue weighted by Crippen LogP contribution is -2.47. The number of benzene rings is 1. The van der Waals surface area contributed by atoms with Gasteiger partial charge >= 0.3 is 0 Å². The first-order valence-electron chi connectivity index (χ1n) is 7.49. The molecule has 24 heavy (non-hydrogen) atoms. The minimum atomic E-state index is -3.62. The summed E-state index contributed by atoms with van der Waals surface area (Å²) in [7, 11) is -3.62. The van der Waals surface area contributed by atoms with Gasteiger partial charge in [-0.05, 0) is 40.9 Å². The molecule has 9 heteroatoms. The fourth-order valence-corrected chi connectivity index (χ4v) is 4.15. The van der Waals surface area contributed by atoms with Crippen LogP contribution in [0.15, 0.2) is 28.7 Å². The Balaban J connectivity index is 2.12. The average Bonchev–Trinajstić information content (AvgIpc) is 2.52. The van der Waals surface area contributed by atoms with Crippen LogP contribution in [-0.4, -0.2) is 51.0 Å². The number of nitrogens with zero attached hydrogens (tertiary/aromatic N) is 2. The van der Waals surface area contributed by atoms with Gasteiger partial charge < -0.3 is 10.6 Å². The van der Waals surface area contributed by atoms with Gasteiger partial charge in [0.15, 0.2) is 0 Å². The molecule has 1 aliphatic heterocycles. The van der Waals surface area contributed by atoms with Gasteiger partial charge in [0.1, 0.15) is 6.54 Å². The Labute approximate surface area is 150 Å². The molecule has 2 rings (SSSR count). The van der Waals surface area contributed by atoms with E-state index in [2.05, 4.69) is 15.9 Å². The van der Waals surface area contributed by atoms with Crippen molar-refractivity contribution >= 4 is 43.5 Å². The number of hydrogen-bond donors (Lipinski definition) is 1. The number of carbonyl (C=O) groups excluding carboxylic acids is 2. The molecule has 2 amide bonds. The average molecular weight is 418 g/mol. The Kier molecular flexibility index (Phi) is 5.87. The number of hydrogen-bond acceptors (Lipinski definition) is 4. The van der Waals surface area contributed by atoms with Crippen molar-refractivity contribution in [2.75, 3.05) is 30.2 Å². The molecule has 0 bridgehead atoms. The molecule has 1 aromatic carbocycles. The van der Waals surface area contributed by atoms with Crippen LogP contribution in [-0.2, 0) is 19.6 Å². The lowest BCUT2D eigenvalue weighted by Gasteiger charge is -2.32. The van der Waals surface area contributed by atoms with Crippen molar-refractivity contribution in [1.29, 1.82) is 0 Å². The Hall–Kier alpha value is -1.61. The minimum absolute atomic E-state index is 0.219. The first kappa shape index (κ1) is 18.7. The molecule has 0 unspecified atom stereocenters. The summed E-state index contributed by atoms with van der Waals surface area (Å²) in [5, 5.41) is 0. The van der Waals surface area contributed by atoms with E-state index in [-0.39, 0.29) is 24.3 Å². The molecule has 7 nitrogen and oxygen atoms in total. The van der Waals surface area contributed by atoms with Crippen LogP contribution in [0.1, 0.15) is 12.8 Å². The summed E-state index contributed by atoms with van der Waals surface area (Å²) in [4.78, 5) is 25.3. The zero-order chi connectivity index (χ0) is 17.9. The van der Waals surface area contributed by atoms with Crippen LogP contribution >= 0.6 is 15.9 Å². The Morgan fingerprint density at radius 1 is 1.29 bits per heavy atom. The molecule has 1 aromatic rings. The van der Waals surface area contributed by atoms with Crippen LogP contribution in [0.4, 0.5) is 5.69 Å². The molecular formula is C15H20BrN3O4S. The van der Waals surface area contributed by atoms with Gasteiger partial charge in [-0.3, -0.25) is 13.9 Å². The highest BCUT2D eigenvalue weighted by Crippen LogP contribution is 2.28. The standard InChI is InChI=1S/C15H20BrN3O4S/c1-24(22,23)19(13-5-3-2-4-12(13)16)10-14(20)18-8-6-11(7-9-18)15(17)21/h2-5,11H,6-10H2,1H3,(H2,17,21). The Bertz CT molecular complexity index is 730. The van der Waals surface area contributed by atoms with Crippen LogP contribution in [0.3, 0.4) is 0 Å². The molecule has 0 aliphatic carbocycles. The second kappa shape index (κ2) is 7.52. The van der Waals surface area contributed by atoms with E-state index in [9.17, 15) is 18.0 Å². The number of piperidine rings is 1. The third-order valence-corrected chi connectivity index (χ3v) is 5.85. The van der Waals surface area contributed by atoms with Gasteiger partial charge in [0.25, 0.3) is 0 Å². The molecule has 1 fully saturated rings. The molecule has 0 radical (unpaired) electrons. The smallest absolute Gasteiger partial charge is 0.243 e. The second-order valence-corrected chi connectivity index (χ2v) is 8.54. The topological polar surface area (TPSA) is 101 Å². The number of nitrogens with two attached hydrogens (primary N) is 1. The number of carbonyl (C=O) groups is 2. The first-order valence-corrected chi connectivity index (χ1v) is 10.1. The van der Waals surface area contributed by atoms with Crippen LogP contribution < -0.4 is 10.0 Å². The fraction of sp³-hybridized carbons (Fsp3) is 0.467. The van der Waals surface area contributed by atoms with E-state index < -0.39 is 10.0 Å². The summed E-state index contributed by atoms with van der Waals surface area (Å²) < 4.78 is 25.9. The number of rotatable bonds is 5. The van der Waals surface area contributed by atoms with Crippen LogP contribution in [0.2, 0.25) is 0 Å². The van der Waals surface area contributed by atoms with Gasteiger partial charge in [0.2, 0.25) is 21.8 Å². The van der Waals surface area contributed by atoms with Gasteiger partial charge in [-0.25, -0.2) is 8.42 Å². The van der Waals surface area contributed by atoms with Crippen molar-refractivity contribution < 1.29 is 18.0 Å². The van der Waals surface area contributed by atoms with Gasteiger partial charge in [-0.15, -0.1) is 0 Å². The van der Waals surface area contributed by atoms with Crippen molar-refractivity contribution in [2.24, 2.45) is 11.7 Å². The van der Waals surface area contributed by atoms with E-state index in [1.165, 1.54) is 0 Å². The van der Waals surface area contributed by atoms with E-state index in [1.807, 2.05) is 0 Å². The molecule has 1 aliphatic rings. The lowest BCUT2D eigenvalue weighted by molar-refractivity contribution is -0.133. The monoisotopic (exact) mass is 417 g/mol. The molecule has 0 aromatic heterocycles. The maximum absolute atomic E-state index is 12.5. The molecule has 0 saturated carbocycles. The number of primary amides is 1. The summed E-state index contributed by atoms with van der Waals surface area (Å²) in [6, 6.07) is 6.83. The number of sulfonamides is 1. The van der Waals surface area contributed by atoms with Gasteiger partial charge in [-0.2, -0.15) is 0 Å². The summed E-state index contributed by atoms with van der Waals surface area (Å²) in [6.07, 6.45) is 2.09. The lowest BCUT2D eigenvalue weighted by atomic mass is 9.96. The molecule has 132 valence electrons. The van der Waals surface area contributed by atoms with E-state index in [1.54, 1.807) is 29.2 Å². The largest absolute Gasteiger partial charge is 0.369 e. The van der Waals surface area contributed by atoms with Crippen molar-refractivity contribution in [2.45, 2.75) is 12.8 Å². The Morgan fingerprint density at radius 2 is 1.88 bits per heavy atom. The maximum atomic E-state index is 12.5. The van der Waals surface area contributed by atoms with E-state index in [0.717, 1.165) is 10.6 Å². The molecule has 1 heterocycles. The summed E-state index contributed by atoms with van der Waals surface area (Å²) in [6.45, 7) is 0.530. The molecule has 0 atom stereocenters. The van der Waals surface area contributed by atoms with Gasteiger partial charge in [0, 0.05) is 23.5 Å². The zero-order valence-electron chi connectivity index (χ0n) is 13.3. The Morgan fingerprint density at radius 3 is 2.38 bits per heavy atom. The predicted octanol–water partition coefficient (Wildman–Crippen LogP) is 0.939. The number of likely N-dealkylation sites (tertiary alicyclic amines) is 1.